The van der Waals surface area contributed by atoms with E-state index in [2.05, 4.69) is 27.3 Å². The third kappa shape index (κ3) is 4.96. The fraction of sp³-hybridized carbons (Fsp3) is 0.318. The zero-order chi connectivity index (χ0) is 20.8. The SMILES string of the molecule is CCN(Cc1nc(CNC(=O)c2ccccc2)no1)C[C@@H]1COc2ccccc2O1. The predicted octanol–water partition coefficient (Wildman–Crippen LogP) is 2.66. The zero-order valence-corrected chi connectivity index (χ0v) is 16.8. The van der Waals surface area contributed by atoms with Gasteiger partial charge >= 0.3 is 0 Å². The Balaban J connectivity index is 1.28. The van der Waals surface area contributed by atoms with Crippen LogP contribution in [-0.2, 0) is 13.1 Å². The minimum Gasteiger partial charge on any atom is -0.486 e. The van der Waals surface area contributed by atoms with E-state index >= 15 is 0 Å². The Labute approximate surface area is 174 Å². The number of carbonyl (C=O) groups is 1. The second-order valence-corrected chi connectivity index (χ2v) is 6.98. The third-order valence-electron chi connectivity index (χ3n) is 4.79. The highest BCUT2D eigenvalue weighted by Crippen LogP contribution is 2.31. The van der Waals surface area contributed by atoms with Crippen molar-refractivity contribution >= 4 is 5.91 Å². The molecule has 1 aliphatic heterocycles. The van der Waals surface area contributed by atoms with Gasteiger partial charge in [0.25, 0.3) is 5.91 Å². The van der Waals surface area contributed by atoms with Crippen LogP contribution in [0.1, 0.15) is 29.0 Å². The molecule has 156 valence electrons. The van der Waals surface area contributed by atoms with Gasteiger partial charge in [-0.05, 0) is 30.8 Å². The summed E-state index contributed by atoms with van der Waals surface area (Å²) in [7, 11) is 0. The summed E-state index contributed by atoms with van der Waals surface area (Å²) >= 11 is 0. The second kappa shape index (κ2) is 9.41. The van der Waals surface area contributed by atoms with Crippen molar-refractivity contribution in [2.75, 3.05) is 19.7 Å². The molecule has 1 aliphatic rings. The van der Waals surface area contributed by atoms with Gasteiger partial charge in [0, 0.05) is 12.1 Å². The van der Waals surface area contributed by atoms with Gasteiger partial charge in [-0.1, -0.05) is 42.4 Å². The van der Waals surface area contributed by atoms with Crippen LogP contribution >= 0.6 is 0 Å². The number of amides is 1. The summed E-state index contributed by atoms with van der Waals surface area (Å²) in [6, 6.07) is 16.7. The molecule has 1 atom stereocenters. The number of fused-ring (bicyclic) bond motifs is 1. The molecule has 2 heterocycles. The molecular formula is C22H24N4O4. The van der Waals surface area contributed by atoms with Gasteiger partial charge < -0.3 is 19.3 Å². The largest absolute Gasteiger partial charge is 0.486 e. The summed E-state index contributed by atoms with van der Waals surface area (Å²) < 4.78 is 17.2. The van der Waals surface area contributed by atoms with E-state index in [1.54, 1.807) is 12.1 Å². The quantitative estimate of drug-likeness (QED) is 0.613. The molecule has 1 N–H and O–H groups in total. The number of nitrogens with one attached hydrogen (secondary N) is 1. The smallest absolute Gasteiger partial charge is 0.251 e. The number of rotatable bonds is 8. The second-order valence-electron chi connectivity index (χ2n) is 6.98. The van der Waals surface area contributed by atoms with E-state index in [4.69, 9.17) is 14.0 Å². The third-order valence-corrected chi connectivity index (χ3v) is 4.79. The van der Waals surface area contributed by atoms with Crippen LogP contribution < -0.4 is 14.8 Å². The monoisotopic (exact) mass is 408 g/mol. The van der Waals surface area contributed by atoms with Crippen LogP contribution in [0.4, 0.5) is 0 Å². The van der Waals surface area contributed by atoms with Crippen LogP contribution in [0.2, 0.25) is 0 Å². The van der Waals surface area contributed by atoms with Crippen molar-refractivity contribution in [3.05, 3.63) is 71.9 Å². The fourth-order valence-electron chi connectivity index (χ4n) is 3.21. The van der Waals surface area contributed by atoms with Gasteiger partial charge in [0.15, 0.2) is 17.3 Å². The van der Waals surface area contributed by atoms with E-state index in [1.165, 1.54) is 0 Å². The normalized spacial score (nSPS) is 15.2. The molecule has 2 aromatic carbocycles. The molecule has 0 spiro atoms. The number of likely N-dealkylation sites (N-methyl/N-ethyl adjacent to an activating group) is 1. The molecule has 0 radical (unpaired) electrons. The van der Waals surface area contributed by atoms with E-state index in [0.29, 0.717) is 37.0 Å². The Bertz CT molecular complexity index is 976. The summed E-state index contributed by atoms with van der Waals surface area (Å²) in [6.07, 6.45) is -0.0765. The fourth-order valence-corrected chi connectivity index (χ4v) is 3.21. The van der Waals surface area contributed by atoms with E-state index < -0.39 is 0 Å². The molecule has 30 heavy (non-hydrogen) atoms. The van der Waals surface area contributed by atoms with Gasteiger partial charge in [-0.2, -0.15) is 4.98 Å². The number of benzene rings is 2. The standard InChI is InChI=1S/C22H24N4O4/c1-2-26(13-17-15-28-18-10-6-7-11-19(18)29-17)14-21-24-20(25-30-21)12-23-22(27)16-8-4-3-5-9-16/h3-11,17H,2,12-15H2,1H3,(H,23,27)/t17-/m1/s1. The Morgan fingerprint density at radius 3 is 2.70 bits per heavy atom. The molecule has 0 saturated carbocycles. The summed E-state index contributed by atoms with van der Waals surface area (Å²) in [6.45, 7) is 4.73. The van der Waals surface area contributed by atoms with Crippen LogP contribution in [0.15, 0.2) is 59.1 Å². The number of aromatic nitrogens is 2. The number of nitrogens with zero attached hydrogens (tertiary/aromatic N) is 3. The van der Waals surface area contributed by atoms with Gasteiger partial charge in [0.2, 0.25) is 5.89 Å². The van der Waals surface area contributed by atoms with Crippen LogP contribution in [-0.4, -0.2) is 46.7 Å². The van der Waals surface area contributed by atoms with E-state index in [-0.39, 0.29) is 18.6 Å². The van der Waals surface area contributed by atoms with Crippen molar-refractivity contribution in [1.29, 1.82) is 0 Å². The maximum Gasteiger partial charge on any atom is 0.251 e. The van der Waals surface area contributed by atoms with Crippen molar-refractivity contribution in [1.82, 2.24) is 20.4 Å². The molecule has 3 aromatic rings. The van der Waals surface area contributed by atoms with Gasteiger partial charge in [-0.3, -0.25) is 9.69 Å². The van der Waals surface area contributed by atoms with Crippen LogP contribution in [0, 0.1) is 0 Å². The molecule has 0 unspecified atom stereocenters. The predicted molar refractivity (Wildman–Crippen MR) is 109 cm³/mol. The van der Waals surface area contributed by atoms with Crippen LogP contribution in [0.5, 0.6) is 11.5 Å². The van der Waals surface area contributed by atoms with Gasteiger partial charge in [-0.25, -0.2) is 0 Å². The first-order valence-electron chi connectivity index (χ1n) is 9.97. The molecule has 8 heteroatoms. The molecule has 1 amide bonds. The maximum absolute atomic E-state index is 12.1. The van der Waals surface area contributed by atoms with Gasteiger partial charge in [0.1, 0.15) is 12.7 Å². The molecule has 0 aliphatic carbocycles. The van der Waals surface area contributed by atoms with Crippen molar-refractivity contribution in [2.24, 2.45) is 0 Å². The van der Waals surface area contributed by atoms with Crippen LogP contribution in [0.25, 0.3) is 0 Å². The van der Waals surface area contributed by atoms with Crippen LogP contribution in [0.3, 0.4) is 0 Å². The minimum atomic E-state index is -0.174. The average molecular weight is 408 g/mol. The maximum atomic E-state index is 12.1. The first-order valence-corrected chi connectivity index (χ1v) is 9.97. The molecule has 0 saturated heterocycles. The van der Waals surface area contributed by atoms with Gasteiger partial charge in [-0.15, -0.1) is 0 Å². The van der Waals surface area contributed by atoms with E-state index in [9.17, 15) is 4.79 Å². The highest BCUT2D eigenvalue weighted by Gasteiger charge is 2.23. The summed E-state index contributed by atoms with van der Waals surface area (Å²) in [5.74, 6) is 2.30. The Hall–Kier alpha value is -3.39. The molecule has 0 fully saturated rings. The Morgan fingerprint density at radius 2 is 1.90 bits per heavy atom. The summed E-state index contributed by atoms with van der Waals surface area (Å²) in [4.78, 5) is 18.7. The molecule has 8 nitrogen and oxygen atoms in total. The van der Waals surface area contributed by atoms with Crippen molar-refractivity contribution in [3.8, 4) is 11.5 Å². The number of hydrogen-bond acceptors (Lipinski definition) is 7. The highest BCUT2D eigenvalue weighted by atomic mass is 16.6. The first-order chi connectivity index (χ1) is 14.7. The van der Waals surface area contributed by atoms with E-state index in [0.717, 1.165) is 18.0 Å². The Morgan fingerprint density at radius 1 is 1.13 bits per heavy atom. The lowest BCUT2D eigenvalue weighted by atomic mass is 10.2. The van der Waals surface area contributed by atoms with Gasteiger partial charge in [0.05, 0.1) is 13.1 Å². The Kier molecular flexibility index (Phi) is 6.24. The van der Waals surface area contributed by atoms with Crippen molar-refractivity contribution in [3.63, 3.8) is 0 Å². The minimum absolute atomic E-state index is 0.0765. The lowest BCUT2D eigenvalue weighted by Crippen LogP contribution is -2.40. The summed E-state index contributed by atoms with van der Waals surface area (Å²) in [5.41, 5.74) is 0.592. The summed E-state index contributed by atoms with van der Waals surface area (Å²) in [5, 5.41) is 6.76. The highest BCUT2D eigenvalue weighted by molar-refractivity contribution is 5.93. The molecular weight excluding hydrogens is 384 g/mol. The van der Waals surface area contributed by atoms with E-state index in [1.807, 2.05) is 42.5 Å². The molecule has 1 aromatic heterocycles. The molecule has 4 rings (SSSR count). The van der Waals surface area contributed by atoms with Crippen molar-refractivity contribution in [2.45, 2.75) is 26.1 Å². The number of ether oxygens (including phenoxy) is 2. The number of hydrogen-bond donors (Lipinski definition) is 1. The lowest BCUT2D eigenvalue weighted by Gasteiger charge is -2.30. The number of carbonyl (C=O) groups excluding carboxylic acids is 1. The first kappa shape index (κ1) is 19.9. The number of para-hydroxylation sites is 2. The lowest BCUT2D eigenvalue weighted by molar-refractivity contribution is 0.0551. The zero-order valence-electron chi connectivity index (χ0n) is 16.8. The van der Waals surface area contributed by atoms with Crippen molar-refractivity contribution < 1.29 is 18.8 Å². The average Bonchev–Trinajstić information content (AvgIpc) is 3.24. The molecule has 0 bridgehead atoms. The topological polar surface area (TPSA) is 89.7 Å².